The van der Waals surface area contributed by atoms with E-state index in [4.69, 9.17) is 17.3 Å². The summed E-state index contributed by atoms with van der Waals surface area (Å²) in [4.78, 5) is 0. The molecule has 68 valence electrons. The van der Waals surface area contributed by atoms with E-state index in [0.717, 1.165) is 22.8 Å². The summed E-state index contributed by atoms with van der Waals surface area (Å²) in [5.41, 5.74) is 7.56. The molecule has 1 rings (SSSR count). The Morgan fingerprint density at radius 2 is 2.25 bits per heavy atom. The Balaban J connectivity index is 2.97. The van der Waals surface area contributed by atoms with Gasteiger partial charge in [0.25, 0.3) is 0 Å². The van der Waals surface area contributed by atoms with Gasteiger partial charge in [0.2, 0.25) is 0 Å². The third-order valence-electron chi connectivity index (χ3n) is 1.78. The molecule has 0 amide bonds. The highest BCUT2D eigenvalue weighted by atomic mass is 35.5. The van der Waals surface area contributed by atoms with Gasteiger partial charge in [0, 0.05) is 19.5 Å². The molecule has 4 heteroatoms. The molecule has 3 nitrogen and oxygen atoms in total. The van der Waals surface area contributed by atoms with Crippen LogP contribution in [0.4, 0.5) is 0 Å². The predicted octanol–water partition coefficient (Wildman–Crippen LogP) is 1.27. The molecular weight excluding hydrogens is 174 g/mol. The Hall–Kier alpha value is -0.540. The van der Waals surface area contributed by atoms with Crippen molar-refractivity contribution in [2.45, 2.75) is 26.3 Å². The molecular formula is C8H14ClN3. The first-order valence-electron chi connectivity index (χ1n) is 3.96. The molecule has 0 aliphatic heterocycles. The number of nitrogens with zero attached hydrogens (tertiary/aromatic N) is 2. The molecule has 0 bridgehead atoms. The van der Waals surface area contributed by atoms with Crippen molar-refractivity contribution < 1.29 is 0 Å². The van der Waals surface area contributed by atoms with Crippen molar-refractivity contribution in [3.05, 3.63) is 16.4 Å². The average Bonchev–Trinajstić information content (AvgIpc) is 2.16. The lowest BCUT2D eigenvalue weighted by molar-refractivity contribution is 0.648. The maximum absolute atomic E-state index is 6.02. The van der Waals surface area contributed by atoms with E-state index < -0.39 is 0 Å². The van der Waals surface area contributed by atoms with E-state index in [0.29, 0.717) is 0 Å². The monoisotopic (exact) mass is 187 g/mol. The molecule has 1 aromatic heterocycles. The molecule has 0 fully saturated rings. The molecule has 0 saturated carbocycles. The van der Waals surface area contributed by atoms with Crippen LogP contribution in [0.3, 0.4) is 0 Å². The molecule has 0 saturated heterocycles. The maximum atomic E-state index is 6.02. The smallest absolute Gasteiger partial charge is 0.0847 e. The highest BCUT2D eigenvalue weighted by Gasteiger charge is 2.11. The molecule has 0 aliphatic rings. The summed E-state index contributed by atoms with van der Waals surface area (Å²) in [6.07, 6.45) is 0.774. The lowest BCUT2D eigenvalue weighted by atomic mass is 10.2. The third kappa shape index (κ3) is 1.79. The molecule has 0 aliphatic carbocycles. The second-order valence-corrected chi connectivity index (χ2v) is 3.53. The normalized spacial score (nSPS) is 13.4. The van der Waals surface area contributed by atoms with Gasteiger partial charge >= 0.3 is 0 Å². The topological polar surface area (TPSA) is 43.8 Å². The minimum atomic E-state index is 0.122. The molecule has 2 N–H and O–H groups in total. The Morgan fingerprint density at radius 1 is 1.67 bits per heavy atom. The van der Waals surface area contributed by atoms with Gasteiger partial charge in [-0.15, -0.1) is 0 Å². The van der Waals surface area contributed by atoms with Crippen LogP contribution >= 0.6 is 11.6 Å². The summed E-state index contributed by atoms with van der Waals surface area (Å²) in [7, 11) is 1.89. The Bertz CT molecular complexity index is 278. The van der Waals surface area contributed by atoms with Gasteiger partial charge in [-0.05, 0) is 13.8 Å². The van der Waals surface area contributed by atoms with E-state index in [9.17, 15) is 0 Å². The number of rotatable bonds is 2. The van der Waals surface area contributed by atoms with Crippen LogP contribution in [0.5, 0.6) is 0 Å². The number of hydrogen-bond acceptors (Lipinski definition) is 2. The van der Waals surface area contributed by atoms with Crippen LogP contribution in [0.25, 0.3) is 0 Å². The molecule has 1 heterocycles. The predicted molar refractivity (Wildman–Crippen MR) is 50.3 cm³/mol. The van der Waals surface area contributed by atoms with E-state index in [-0.39, 0.29) is 6.04 Å². The van der Waals surface area contributed by atoms with Gasteiger partial charge in [-0.25, -0.2) is 0 Å². The van der Waals surface area contributed by atoms with Crippen LogP contribution in [-0.2, 0) is 13.5 Å². The van der Waals surface area contributed by atoms with Crippen LogP contribution in [-0.4, -0.2) is 15.8 Å². The molecule has 0 spiro atoms. The Morgan fingerprint density at radius 3 is 2.58 bits per heavy atom. The quantitative estimate of drug-likeness (QED) is 0.758. The van der Waals surface area contributed by atoms with Gasteiger partial charge in [0.1, 0.15) is 0 Å². The van der Waals surface area contributed by atoms with Crippen LogP contribution in [0, 0.1) is 6.92 Å². The number of aromatic nitrogens is 2. The maximum Gasteiger partial charge on any atom is 0.0847 e. The van der Waals surface area contributed by atoms with E-state index in [1.165, 1.54) is 0 Å². The molecule has 0 radical (unpaired) electrons. The standard InChI is InChI=1S/C8H14ClN3/c1-5(10)4-7-8(9)6(2)11-12(7)3/h5H,4,10H2,1-3H3. The van der Waals surface area contributed by atoms with E-state index in [2.05, 4.69) is 5.10 Å². The fourth-order valence-corrected chi connectivity index (χ4v) is 1.44. The van der Waals surface area contributed by atoms with E-state index in [1.807, 2.05) is 20.9 Å². The van der Waals surface area contributed by atoms with Gasteiger partial charge < -0.3 is 5.73 Å². The highest BCUT2D eigenvalue weighted by Crippen LogP contribution is 2.20. The first kappa shape index (κ1) is 9.55. The van der Waals surface area contributed by atoms with Gasteiger partial charge in [-0.2, -0.15) is 5.10 Å². The largest absolute Gasteiger partial charge is 0.328 e. The van der Waals surface area contributed by atoms with Crippen molar-refractivity contribution >= 4 is 11.6 Å². The van der Waals surface area contributed by atoms with Gasteiger partial charge in [-0.3, -0.25) is 4.68 Å². The summed E-state index contributed by atoms with van der Waals surface area (Å²) in [6.45, 7) is 3.85. The van der Waals surface area contributed by atoms with Crippen molar-refractivity contribution in [3.8, 4) is 0 Å². The van der Waals surface area contributed by atoms with E-state index >= 15 is 0 Å². The van der Waals surface area contributed by atoms with Crippen molar-refractivity contribution in [1.82, 2.24) is 9.78 Å². The second-order valence-electron chi connectivity index (χ2n) is 3.15. The third-order valence-corrected chi connectivity index (χ3v) is 2.27. The summed E-state index contributed by atoms with van der Waals surface area (Å²) in [5, 5.41) is 4.94. The molecule has 0 aromatic carbocycles. The zero-order valence-corrected chi connectivity index (χ0v) is 8.39. The average molecular weight is 188 g/mol. The zero-order valence-electron chi connectivity index (χ0n) is 7.63. The second kappa shape index (κ2) is 3.46. The number of hydrogen-bond donors (Lipinski definition) is 1. The first-order valence-corrected chi connectivity index (χ1v) is 4.33. The van der Waals surface area contributed by atoms with Crippen LogP contribution in [0.2, 0.25) is 5.02 Å². The minimum absolute atomic E-state index is 0.122. The Labute approximate surface area is 77.5 Å². The van der Waals surface area contributed by atoms with Crippen LogP contribution in [0.1, 0.15) is 18.3 Å². The Kier molecular flexibility index (Phi) is 2.75. The lowest BCUT2D eigenvalue weighted by Crippen LogP contribution is -2.19. The molecule has 1 unspecified atom stereocenters. The summed E-state index contributed by atoms with van der Waals surface area (Å²) in [6, 6.07) is 0.122. The van der Waals surface area contributed by atoms with Gasteiger partial charge in [-0.1, -0.05) is 11.6 Å². The lowest BCUT2D eigenvalue weighted by Gasteiger charge is -2.05. The number of nitrogens with two attached hydrogens (primary N) is 1. The fourth-order valence-electron chi connectivity index (χ4n) is 1.21. The van der Waals surface area contributed by atoms with Gasteiger partial charge in [0.05, 0.1) is 16.4 Å². The zero-order chi connectivity index (χ0) is 9.30. The fraction of sp³-hybridized carbons (Fsp3) is 0.625. The minimum Gasteiger partial charge on any atom is -0.328 e. The molecule has 12 heavy (non-hydrogen) atoms. The van der Waals surface area contributed by atoms with Crippen molar-refractivity contribution in [3.63, 3.8) is 0 Å². The summed E-state index contributed by atoms with van der Waals surface area (Å²) in [5.74, 6) is 0. The molecule has 1 atom stereocenters. The number of halogens is 1. The molecule has 1 aromatic rings. The van der Waals surface area contributed by atoms with E-state index in [1.54, 1.807) is 4.68 Å². The first-order chi connectivity index (χ1) is 5.52. The number of aryl methyl sites for hydroxylation is 2. The van der Waals surface area contributed by atoms with Crippen molar-refractivity contribution in [1.29, 1.82) is 0 Å². The van der Waals surface area contributed by atoms with Crippen molar-refractivity contribution in [2.24, 2.45) is 12.8 Å². The van der Waals surface area contributed by atoms with Crippen LogP contribution < -0.4 is 5.73 Å². The SMILES string of the molecule is Cc1nn(C)c(CC(C)N)c1Cl. The van der Waals surface area contributed by atoms with Crippen molar-refractivity contribution in [2.75, 3.05) is 0 Å². The highest BCUT2D eigenvalue weighted by molar-refractivity contribution is 6.31. The van der Waals surface area contributed by atoms with Crippen LogP contribution in [0.15, 0.2) is 0 Å². The summed E-state index contributed by atoms with van der Waals surface area (Å²) >= 11 is 6.02. The summed E-state index contributed by atoms with van der Waals surface area (Å²) < 4.78 is 1.79. The van der Waals surface area contributed by atoms with Gasteiger partial charge in [0.15, 0.2) is 0 Å².